The van der Waals surface area contributed by atoms with Crippen molar-refractivity contribution in [3.8, 4) is 0 Å². The molecule has 23 heavy (non-hydrogen) atoms. The zero-order chi connectivity index (χ0) is 16.8. The highest BCUT2D eigenvalue weighted by molar-refractivity contribution is 5.94. The number of Topliss-reactive ketones (excluding diaryl/α,β-unsaturated/α-hetero) is 1. The first-order valence-corrected chi connectivity index (χ1v) is 7.51. The van der Waals surface area contributed by atoms with Gasteiger partial charge >= 0.3 is 0 Å². The molecule has 120 valence electrons. The third kappa shape index (κ3) is 4.60. The number of hydrogen-bond donors (Lipinski definition) is 2. The summed E-state index contributed by atoms with van der Waals surface area (Å²) in [6.07, 6.45) is 0.864. The highest BCUT2D eigenvalue weighted by Gasteiger charge is 2.10. The van der Waals surface area contributed by atoms with Crippen molar-refractivity contribution in [1.29, 1.82) is 0 Å². The molecule has 6 heteroatoms. The maximum Gasteiger partial charge on any atom is 0.270 e. The molecule has 0 aliphatic rings. The van der Waals surface area contributed by atoms with E-state index in [9.17, 15) is 9.59 Å². The van der Waals surface area contributed by atoms with Gasteiger partial charge in [0.25, 0.3) is 5.91 Å². The lowest BCUT2D eigenvalue weighted by atomic mass is 10.1. The minimum absolute atomic E-state index is 0.0123. The summed E-state index contributed by atoms with van der Waals surface area (Å²) in [6, 6.07) is 8.66. The Balaban J connectivity index is 2.17. The molecule has 0 unspecified atom stereocenters. The lowest BCUT2D eigenvalue weighted by Gasteiger charge is -2.09. The van der Waals surface area contributed by atoms with Crippen LogP contribution in [0.2, 0.25) is 0 Å². The third-order valence-corrected chi connectivity index (χ3v) is 3.17. The number of hydrogen-bond acceptors (Lipinski definition) is 5. The van der Waals surface area contributed by atoms with Crippen molar-refractivity contribution in [1.82, 2.24) is 15.3 Å². The number of carbonyl (C=O) groups is 2. The van der Waals surface area contributed by atoms with Crippen molar-refractivity contribution in [3.05, 3.63) is 47.3 Å². The van der Waals surface area contributed by atoms with E-state index < -0.39 is 0 Å². The fourth-order valence-electron chi connectivity index (χ4n) is 1.99. The average molecular weight is 312 g/mol. The summed E-state index contributed by atoms with van der Waals surface area (Å²) in [5.74, 6) is 0.146. The van der Waals surface area contributed by atoms with E-state index in [-0.39, 0.29) is 11.7 Å². The highest BCUT2D eigenvalue weighted by atomic mass is 16.1. The van der Waals surface area contributed by atoms with E-state index >= 15 is 0 Å². The number of aromatic nitrogens is 2. The maximum absolute atomic E-state index is 12.0. The van der Waals surface area contributed by atoms with Crippen molar-refractivity contribution in [2.75, 3.05) is 11.9 Å². The number of amides is 1. The largest absolute Gasteiger partial charge is 0.351 e. The van der Waals surface area contributed by atoms with E-state index in [1.165, 1.54) is 6.92 Å². The first-order chi connectivity index (χ1) is 11.0. The van der Waals surface area contributed by atoms with Crippen LogP contribution in [0.25, 0.3) is 0 Å². The summed E-state index contributed by atoms with van der Waals surface area (Å²) in [4.78, 5) is 31.8. The highest BCUT2D eigenvalue weighted by Crippen LogP contribution is 2.15. The first-order valence-electron chi connectivity index (χ1n) is 7.51. The van der Waals surface area contributed by atoms with Crippen molar-refractivity contribution >= 4 is 23.3 Å². The lowest BCUT2D eigenvalue weighted by molar-refractivity contribution is 0.0947. The SMILES string of the molecule is CCCNC(=O)c1cc(C)nc(Nc2ccc(C(C)=O)cc2)n1. The van der Waals surface area contributed by atoms with E-state index in [4.69, 9.17) is 0 Å². The molecule has 1 aromatic heterocycles. The van der Waals surface area contributed by atoms with Gasteiger partial charge in [-0.25, -0.2) is 9.97 Å². The molecule has 2 N–H and O–H groups in total. The van der Waals surface area contributed by atoms with E-state index in [0.29, 0.717) is 29.4 Å². The first kappa shape index (κ1) is 16.6. The quantitative estimate of drug-likeness (QED) is 0.801. The van der Waals surface area contributed by atoms with Crippen molar-refractivity contribution in [2.24, 2.45) is 0 Å². The summed E-state index contributed by atoms with van der Waals surface area (Å²) in [7, 11) is 0. The number of aryl methyl sites for hydroxylation is 1. The van der Waals surface area contributed by atoms with E-state index in [1.807, 2.05) is 13.8 Å². The fourth-order valence-corrected chi connectivity index (χ4v) is 1.99. The minimum atomic E-state index is -0.215. The van der Waals surface area contributed by atoms with Gasteiger partial charge in [0.15, 0.2) is 5.78 Å². The average Bonchev–Trinajstić information content (AvgIpc) is 2.52. The van der Waals surface area contributed by atoms with Crippen molar-refractivity contribution in [2.45, 2.75) is 27.2 Å². The number of anilines is 2. The lowest BCUT2D eigenvalue weighted by Crippen LogP contribution is -2.25. The molecule has 1 heterocycles. The van der Waals surface area contributed by atoms with Gasteiger partial charge in [-0.3, -0.25) is 9.59 Å². The van der Waals surface area contributed by atoms with Crippen LogP contribution in [0.1, 0.15) is 46.8 Å². The standard InChI is InChI=1S/C17H20N4O2/c1-4-9-18-16(23)15-10-11(2)19-17(21-15)20-14-7-5-13(6-8-14)12(3)22/h5-8,10H,4,9H2,1-3H3,(H,18,23)(H,19,20,21). The number of ketones is 1. The number of benzene rings is 1. The zero-order valence-electron chi connectivity index (χ0n) is 13.5. The number of nitrogens with zero attached hydrogens (tertiary/aromatic N) is 2. The summed E-state index contributed by atoms with van der Waals surface area (Å²) in [5.41, 5.74) is 2.42. The van der Waals surface area contributed by atoms with E-state index in [1.54, 1.807) is 30.3 Å². The van der Waals surface area contributed by atoms with Gasteiger partial charge in [0, 0.05) is 23.5 Å². The van der Waals surface area contributed by atoms with E-state index in [0.717, 1.165) is 12.1 Å². The predicted octanol–water partition coefficient (Wildman–Crippen LogP) is 2.87. The Labute approximate surface area is 135 Å². The molecular formula is C17H20N4O2. The fraction of sp³-hybridized carbons (Fsp3) is 0.294. The van der Waals surface area contributed by atoms with Gasteiger partial charge in [-0.15, -0.1) is 0 Å². The van der Waals surface area contributed by atoms with Crippen LogP contribution in [0.3, 0.4) is 0 Å². The number of carbonyl (C=O) groups excluding carboxylic acids is 2. The Bertz CT molecular complexity index is 711. The Kier molecular flexibility index (Phi) is 5.41. The topological polar surface area (TPSA) is 84.0 Å². The normalized spacial score (nSPS) is 10.2. The summed E-state index contributed by atoms with van der Waals surface area (Å²) < 4.78 is 0. The molecule has 2 aromatic rings. The van der Waals surface area contributed by atoms with Gasteiger partial charge in [-0.05, 0) is 50.6 Å². The summed E-state index contributed by atoms with van der Waals surface area (Å²) >= 11 is 0. The molecule has 0 fully saturated rings. The molecule has 1 amide bonds. The molecule has 0 aliphatic heterocycles. The predicted molar refractivity (Wildman–Crippen MR) is 89.1 cm³/mol. The molecule has 0 radical (unpaired) electrons. The van der Waals surface area contributed by atoms with Crippen LogP contribution < -0.4 is 10.6 Å². The molecule has 0 aliphatic carbocycles. The Morgan fingerprint density at radius 3 is 2.43 bits per heavy atom. The second kappa shape index (κ2) is 7.49. The van der Waals surface area contributed by atoms with Crippen molar-refractivity contribution in [3.63, 3.8) is 0 Å². The molecular weight excluding hydrogens is 292 g/mol. The molecule has 2 rings (SSSR count). The Morgan fingerprint density at radius 1 is 1.13 bits per heavy atom. The number of nitrogens with one attached hydrogen (secondary N) is 2. The molecule has 0 spiro atoms. The van der Waals surface area contributed by atoms with Gasteiger partial charge in [0.2, 0.25) is 5.95 Å². The van der Waals surface area contributed by atoms with Crippen LogP contribution in [0.15, 0.2) is 30.3 Å². The van der Waals surface area contributed by atoms with Gasteiger partial charge < -0.3 is 10.6 Å². The summed E-state index contributed by atoms with van der Waals surface area (Å²) in [5, 5.41) is 5.84. The van der Waals surface area contributed by atoms with Crippen LogP contribution in [0.4, 0.5) is 11.6 Å². The van der Waals surface area contributed by atoms with Crippen molar-refractivity contribution < 1.29 is 9.59 Å². The summed E-state index contributed by atoms with van der Waals surface area (Å²) in [6.45, 7) is 5.93. The van der Waals surface area contributed by atoms with Gasteiger partial charge in [0.1, 0.15) is 5.69 Å². The van der Waals surface area contributed by atoms with Crippen LogP contribution in [-0.4, -0.2) is 28.2 Å². The van der Waals surface area contributed by atoms with Gasteiger partial charge in [-0.2, -0.15) is 0 Å². The molecule has 6 nitrogen and oxygen atoms in total. The molecule has 0 saturated heterocycles. The smallest absolute Gasteiger partial charge is 0.270 e. The molecule has 0 bridgehead atoms. The Morgan fingerprint density at radius 2 is 1.83 bits per heavy atom. The zero-order valence-corrected chi connectivity index (χ0v) is 13.5. The molecule has 0 atom stereocenters. The molecule has 1 aromatic carbocycles. The van der Waals surface area contributed by atoms with E-state index in [2.05, 4.69) is 20.6 Å². The van der Waals surface area contributed by atoms with Crippen LogP contribution >= 0.6 is 0 Å². The monoisotopic (exact) mass is 312 g/mol. The molecule has 0 saturated carbocycles. The van der Waals surface area contributed by atoms with Crippen LogP contribution in [0, 0.1) is 6.92 Å². The Hall–Kier alpha value is -2.76. The maximum atomic E-state index is 12.0. The number of rotatable bonds is 6. The van der Waals surface area contributed by atoms with Crippen LogP contribution in [-0.2, 0) is 0 Å². The van der Waals surface area contributed by atoms with Crippen LogP contribution in [0.5, 0.6) is 0 Å². The second-order valence-corrected chi connectivity index (χ2v) is 5.23. The minimum Gasteiger partial charge on any atom is -0.351 e. The van der Waals surface area contributed by atoms with Gasteiger partial charge in [0.05, 0.1) is 0 Å². The third-order valence-electron chi connectivity index (χ3n) is 3.17. The second-order valence-electron chi connectivity index (χ2n) is 5.23. The van der Waals surface area contributed by atoms with Gasteiger partial charge in [-0.1, -0.05) is 6.92 Å².